The van der Waals surface area contributed by atoms with Crippen LogP contribution in [-0.2, 0) is 11.4 Å². The minimum absolute atomic E-state index is 0.366. The fourth-order valence-corrected chi connectivity index (χ4v) is 3.50. The molecular weight excluding hydrogens is 338 g/mol. The Morgan fingerprint density at radius 2 is 2.08 bits per heavy atom. The molecule has 6 heteroatoms. The summed E-state index contributed by atoms with van der Waals surface area (Å²) in [6.45, 7) is 5.58. The summed E-state index contributed by atoms with van der Waals surface area (Å²) < 4.78 is 11.9. The van der Waals surface area contributed by atoms with Crippen LogP contribution in [0.15, 0.2) is 29.6 Å². The molecule has 5 nitrogen and oxygen atoms in total. The van der Waals surface area contributed by atoms with Crippen molar-refractivity contribution in [2.75, 3.05) is 0 Å². The van der Waals surface area contributed by atoms with Gasteiger partial charge in [0.15, 0.2) is 6.29 Å². The molecule has 0 aliphatic carbocycles. The summed E-state index contributed by atoms with van der Waals surface area (Å²) in [5.74, 6) is 0.574. The molecule has 0 radical (unpaired) electrons. The van der Waals surface area contributed by atoms with Crippen LogP contribution in [0, 0.1) is 13.8 Å². The monoisotopic (exact) mass is 355 g/mol. The minimum Gasteiger partial charge on any atom is -0.489 e. The van der Waals surface area contributed by atoms with Crippen molar-refractivity contribution in [3.63, 3.8) is 0 Å². The molecule has 0 unspecified atom stereocenters. The molecule has 128 valence electrons. The summed E-state index contributed by atoms with van der Waals surface area (Å²) in [6.07, 6.45) is 0.744. The van der Waals surface area contributed by atoms with Crippen molar-refractivity contribution in [2.24, 2.45) is 0 Å². The lowest BCUT2D eigenvalue weighted by molar-refractivity contribution is -0.131. The first kappa shape index (κ1) is 17.1. The number of fused-ring (bicyclic) bond motifs is 1. The molecule has 2 heterocycles. The number of hydrogen-bond acceptors (Lipinski definition) is 6. The molecule has 0 aliphatic heterocycles. The average Bonchev–Trinajstić information content (AvgIpc) is 2.95. The van der Waals surface area contributed by atoms with Gasteiger partial charge in [-0.25, -0.2) is 0 Å². The maximum absolute atomic E-state index is 11.5. The Morgan fingerprint density at radius 1 is 1.28 bits per heavy atom. The maximum atomic E-state index is 11.5. The van der Waals surface area contributed by atoms with E-state index in [0.29, 0.717) is 29.1 Å². The first-order chi connectivity index (χ1) is 12.0. The van der Waals surface area contributed by atoms with Gasteiger partial charge in [-0.3, -0.25) is 14.6 Å². The lowest BCUT2D eigenvalue weighted by atomic mass is 10.1. The third kappa shape index (κ3) is 3.69. The summed E-state index contributed by atoms with van der Waals surface area (Å²) in [5.41, 5.74) is 3.31. The molecule has 2 aromatic heterocycles. The fraction of sp³-hybridized carbons (Fsp3) is 0.211. The number of aldehydes is 1. The van der Waals surface area contributed by atoms with Gasteiger partial charge < -0.3 is 9.47 Å². The number of rotatable bonds is 5. The topological polar surface area (TPSA) is 65.5 Å². The summed E-state index contributed by atoms with van der Waals surface area (Å²) in [4.78, 5) is 27.1. The van der Waals surface area contributed by atoms with E-state index in [1.54, 1.807) is 11.4 Å². The first-order valence-electron chi connectivity index (χ1n) is 7.72. The van der Waals surface area contributed by atoms with E-state index in [1.165, 1.54) is 18.3 Å². The van der Waals surface area contributed by atoms with E-state index in [1.807, 2.05) is 32.0 Å². The second-order valence-corrected chi connectivity index (χ2v) is 6.59. The van der Waals surface area contributed by atoms with Crippen molar-refractivity contribution in [1.82, 2.24) is 4.98 Å². The largest absolute Gasteiger partial charge is 0.489 e. The van der Waals surface area contributed by atoms with Crippen LogP contribution in [0.1, 0.15) is 34.2 Å². The Balaban J connectivity index is 1.90. The first-order valence-corrected chi connectivity index (χ1v) is 8.60. The lowest BCUT2D eigenvalue weighted by Crippen LogP contribution is -2.02. The number of nitrogens with zero attached hydrogens (tertiary/aromatic N) is 1. The molecule has 0 fully saturated rings. The molecule has 0 amide bonds. The van der Waals surface area contributed by atoms with E-state index in [2.05, 4.69) is 4.98 Å². The highest BCUT2D eigenvalue weighted by Crippen LogP contribution is 2.37. The predicted molar refractivity (Wildman–Crippen MR) is 96.6 cm³/mol. The van der Waals surface area contributed by atoms with Gasteiger partial charge >= 0.3 is 5.97 Å². The number of aromatic nitrogens is 1. The lowest BCUT2D eigenvalue weighted by Gasteiger charge is -2.10. The van der Waals surface area contributed by atoms with Gasteiger partial charge in [-0.2, -0.15) is 0 Å². The number of hydrogen-bond donors (Lipinski definition) is 0. The number of esters is 1. The number of thiophene rings is 1. The minimum atomic E-state index is -0.417. The Bertz CT molecular complexity index is 961. The van der Waals surface area contributed by atoms with Crippen LogP contribution in [0.2, 0.25) is 0 Å². The fourth-order valence-electron chi connectivity index (χ4n) is 2.58. The molecule has 0 saturated carbocycles. The predicted octanol–water partition coefficient (Wildman–Crippen LogP) is 4.23. The quantitative estimate of drug-likeness (QED) is 0.506. The Kier molecular flexibility index (Phi) is 4.81. The molecule has 0 spiro atoms. The zero-order chi connectivity index (χ0) is 18.0. The maximum Gasteiger partial charge on any atom is 0.308 e. The van der Waals surface area contributed by atoms with Gasteiger partial charge in [-0.05, 0) is 32.0 Å². The van der Waals surface area contributed by atoms with Crippen LogP contribution >= 0.6 is 11.3 Å². The van der Waals surface area contributed by atoms with Crippen molar-refractivity contribution in [1.29, 1.82) is 0 Å². The molecule has 0 atom stereocenters. The highest BCUT2D eigenvalue weighted by molar-refractivity contribution is 7.17. The molecule has 25 heavy (non-hydrogen) atoms. The number of pyridine rings is 1. The van der Waals surface area contributed by atoms with Crippen molar-refractivity contribution in [2.45, 2.75) is 27.4 Å². The number of carbonyl (C=O) groups is 2. The van der Waals surface area contributed by atoms with E-state index in [0.717, 1.165) is 27.9 Å². The third-order valence-corrected chi connectivity index (χ3v) is 4.66. The van der Waals surface area contributed by atoms with Crippen LogP contribution in [-0.4, -0.2) is 17.2 Å². The van der Waals surface area contributed by atoms with Crippen LogP contribution in [0.5, 0.6) is 11.5 Å². The van der Waals surface area contributed by atoms with Crippen molar-refractivity contribution < 1.29 is 19.1 Å². The van der Waals surface area contributed by atoms with E-state index < -0.39 is 5.97 Å². The molecule has 3 aromatic rings. The number of carbonyl (C=O) groups excluding carboxylic acids is 2. The zero-order valence-electron chi connectivity index (χ0n) is 14.2. The van der Waals surface area contributed by atoms with Gasteiger partial charge in [0.25, 0.3) is 0 Å². The van der Waals surface area contributed by atoms with Gasteiger partial charge in [-0.15, -0.1) is 11.3 Å². The van der Waals surface area contributed by atoms with Gasteiger partial charge in [0.1, 0.15) is 18.1 Å². The van der Waals surface area contributed by atoms with Crippen LogP contribution < -0.4 is 9.47 Å². The number of benzene rings is 1. The van der Waals surface area contributed by atoms with Crippen LogP contribution in [0.4, 0.5) is 0 Å². The molecule has 1 aromatic carbocycles. The number of ether oxygens (including phenoxy) is 2. The standard InChI is InChI=1S/C19H17NO4S/c1-11-4-5-14(12(2)20-11)9-23-16-6-15(8-21)19-17(24-13(3)22)10-25-18(19)7-16/h4-8,10H,9H2,1-3H3. The van der Waals surface area contributed by atoms with Crippen molar-refractivity contribution in [3.05, 3.63) is 52.2 Å². The van der Waals surface area contributed by atoms with E-state index >= 15 is 0 Å². The Hall–Kier alpha value is -2.73. The smallest absolute Gasteiger partial charge is 0.308 e. The molecular formula is C19H17NO4S. The van der Waals surface area contributed by atoms with Crippen molar-refractivity contribution >= 4 is 33.7 Å². The molecule has 0 bridgehead atoms. The van der Waals surface area contributed by atoms with Crippen LogP contribution in [0.25, 0.3) is 10.1 Å². The van der Waals surface area contributed by atoms with Crippen LogP contribution in [0.3, 0.4) is 0 Å². The molecule has 3 rings (SSSR count). The van der Waals surface area contributed by atoms with Gasteiger partial charge in [0.05, 0.1) is 0 Å². The summed E-state index contributed by atoms with van der Waals surface area (Å²) in [5, 5.41) is 2.35. The van der Waals surface area contributed by atoms with Gasteiger partial charge in [-0.1, -0.05) is 6.07 Å². The molecule has 0 saturated heterocycles. The highest BCUT2D eigenvalue weighted by Gasteiger charge is 2.14. The van der Waals surface area contributed by atoms with Crippen molar-refractivity contribution in [3.8, 4) is 11.5 Å². The van der Waals surface area contributed by atoms with E-state index in [9.17, 15) is 9.59 Å². The molecule has 0 N–H and O–H groups in total. The Labute approximate surface area is 149 Å². The third-order valence-electron chi connectivity index (χ3n) is 3.76. The Morgan fingerprint density at radius 3 is 2.76 bits per heavy atom. The SMILES string of the molecule is CC(=O)Oc1csc2cc(OCc3ccc(C)nc3C)cc(C=O)c12. The van der Waals surface area contributed by atoms with Gasteiger partial charge in [0.2, 0.25) is 0 Å². The highest BCUT2D eigenvalue weighted by atomic mass is 32.1. The normalized spacial score (nSPS) is 10.7. The van der Waals surface area contributed by atoms with Gasteiger partial charge in [0, 0.05) is 44.9 Å². The summed E-state index contributed by atoms with van der Waals surface area (Å²) in [7, 11) is 0. The summed E-state index contributed by atoms with van der Waals surface area (Å²) >= 11 is 1.40. The second kappa shape index (κ2) is 7.03. The van der Waals surface area contributed by atoms with E-state index in [-0.39, 0.29) is 0 Å². The summed E-state index contributed by atoms with van der Waals surface area (Å²) in [6, 6.07) is 7.43. The van der Waals surface area contributed by atoms with E-state index in [4.69, 9.17) is 9.47 Å². The second-order valence-electron chi connectivity index (χ2n) is 5.68. The number of aryl methyl sites for hydroxylation is 2. The average molecular weight is 355 g/mol. The zero-order valence-corrected chi connectivity index (χ0v) is 15.0. The molecule has 0 aliphatic rings.